The van der Waals surface area contributed by atoms with E-state index < -0.39 is 0 Å². The zero-order valence-electron chi connectivity index (χ0n) is 11.7. The molecule has 1 rings (SSSR count). The molecule has 0 bridgehead atoms. The summed E-state index contributed by atoms with van der Waals surface area (Å²) < 4.78 is 1.94. The predicted molar refractivity (Wildman–Crippen MR) is 74.4 cm³/mol. The molecule has 0 fully saturated rings. The molecule has 0 saturated heterocycles. The van der Waals surface area contributed by atoms with Crippen LogP contribution in [0.1, 0.15) is 44.7 Å². The average molecular weight is 251 g/mol. The second-order valence-corrected chi connectivity index (χ2v) is 4.60. The fraction of sp³-hybridized carbons (Fsp3) is 0.643. The topological polar surface area (TPSA) is 46.1 Å². The number of nitrogens with zero attached hydrogens (tertiary/aromatic N) is 1. The highest BCUT2D eigenvalue weighted by Crippen LogP contribution is 2.18. The molecule has 4 nitrogen and oxygen atoms in total. The fourth-order valence-electron chi connectivity index (χ4n) is 2.02. The first-order valence-corrected chi connectivity index (χ1v) is 6.80. The summed E-state index contributed by atoms with van der Waals surface area (Å²) in [5.41, 5.74) is 1.25. The Bertz CT molecular complexity index is 360. The molecule has 0 aromatic carbocycles. The minimum absolute atomic E-state index is 0.0792. The molecule has 0 radical (unpaired) electrons. The predicted octanol–water partition coefficient (Wildman–Crippen LogP) is 2.07. The van der Waals surface area contributed by atoms with Crippen molar-refractivity contribution < 1.29 is 4.79 Å². The van der Waals surface area contributed by atoms with E-state index in [9.17, 15) is 4.79 Å². The van der Waals surface area contributed by atoms with Crippen LogP contribution >= 0.6 is 0 Å². The minimum Gasteiger partial charge on any atom is -0.355 e. The summed E-state index contributed by atoms with van der Waals surface area (Å²) in [4.78, 5) is 11.6. The van der Waals surface area contributed by atoms with E-state index in [-0.39, 0.29) is 5.91 Å². The number of amides is 1. The highest BCUT2D eigenvalue weighted by atomic mass is 16.1. The lowest BCUT2D eigenvalue weighted by atomic mass is 10.1. The first kappa shape index (κ1) is 14.8. The summed E-state index contributed by atoms with van der Waals surface area (Å²) in [5.74, 6) is 0.0792. The number of carbonyl (C=O) groups excluding carboxylic acids is 1. The van der Waals surface area contributed by atoms with Gasteiger partial charge in [0.1, 0.15) is 6.54 Å². The highest BCUT2D eigenvalue weighted by Gasteiger charge is 2.10. The van der Waals surface area contributed by atoms with Crippen LogP contribution in [-0.2, 0) is 11.3 Å². The number of rotatable bonds is 8. The van der Waals surface area contributed by atoms with E-state index in [1.54, 1.807) is 0 Å². The van der Waals surface area contributed by atoms with E-state index in [4.69, 9.17) is 0 Å². The third-order valence-corrected chi connectivity index (χ3v) is 3.00. The molecule has 1 unspecified atom stereocenters. The lowest BCUT2D eigenvalue weighted by molar-refractivity contribution is -0.121. The molecule has 4 heteroatoms. The molecular formula is C14H25N3O. The van der Waals surface area contributed by atoms with Gasteiger partial charge in [0.2, 0.25) is 5.91 Å². The first-order chi connectivity index (χ1) is 8.71. The third-order valence-electron chi connectivity index (χ3n) is 3.00. The smallest absolute Gasteiger partial charge is 0.239 e. The molecule has 2 N–H and O–H groups in total. The van der Waals surface area contributed by atoms with Crippen molar-refractivity contribution in [2.24, 2.45) is 0 Å². The van der Waals surface area contributed by atoms with E-state index in [0.29, 0.717) is 12.6 Å². The normalized spacial score (nSPS) is 12.4. The average Bonchev–Trinajstić information content (AvgIpc) is 2.81. The van der Waals surface area contributed by atoms with E-state index in [2.05, 4.69) is 36.7 Å². The van der Waals surface area contributed by atoms with Crippen LogP contribution in [0.15, 0.2) is 18.5 Å². The molecule has 0 aliphatic rings. The highest BCUT2D eigenvalue weighted by molar-refractivity contribution is 5.75. The van der Waals surface area contributed by atoms with Crippen LogP contribution in [0.25, 0.3) is 0 Å². The van der Waals surface area contributed by atoms with Crippen molar-refractivity contribution in [1.29, 1.82) is 0 Å². The Kier molecular flexibility index (Phi) is 6.50. The molecule has 1 heterocycles. The summed E-state index contributed by atoms with van der Waals surface area (Å²) in [6.45, 7) is 5.39. The zero-order chi connectivity index (χ0) is 13.4. The van der Waals surface area contributed by atoms with Gasteiger partial charge in [0.15, 0.2) is 0 Å². The van der Waals surface area contributed by atoms with Gasteiger partial charge in [-0.05, 0) is 31.5 Å². The number of hydrogen-bond acceptors (Lipinski definition) is 2. The Morgan fingerprint density at radius 2 is 2.17 bits per heavy atom. The van der Waals surface area contributed by atoms with Crippen LogP contribution in [0.4, 0.5) is 0 Å². The summed E-state index contributed by atoms with van der Waals surface area (Å²) >= 11 is 0. The van der Waals surface area contributed by atoms with Crippen molar-refractivity contribution >= 4 is 5.91 Å². The lowest BCUT2D eigenvalue weighted by Crippen LogP contribution is -2.27. The van der Waals surface area contributed by atoms with E-state index in [0.717, 1.165) is 25.8 Å². The van der Waals surface area contributed by atoms with Gasteiger partial charge >= 0.3 is 0 Å². The maximum absolute atomic E-state index is 11.6. The molecule has 0 aliphatic carbocycles. The monoisotopic (exact) mass is 251 g/mol. The van der Waals surface area contributed by atoms with E-state index in [1.165, 1.54) is 5.56 Å². The summed E-state index contributed by atoms with van der Waals surface area (Å²) in [7, 11) is 1.98. The van der Waals surface area contributed by atoms with Gasteiger partial charge in [-0.15, -0.1) is 0 Å². The molecule has 1 amide bonds. The van der Waals surface area contributed by atoms with Crippen molar-refractivity contribution in [1.82, 2.24) is 15.2 Å². The van der Waals surface area contributed by atoms with Gasteiger partial charge in [-0.25, -0.2) is 0 Å². The van der Waals surface area contributed by atoms with Gasteiger partial charge in [0, 0.05) is 25.0 Å². The molecule has 1 aromatic rings. The van der Waals surface area contributed by atoms with Crippen molar-refractivity contribution in [3.63, 3.8) is 0 Å². The Morgan fingerprint density at radius 3 is 2.78 bits per heavy atom. The molecule has 18 heavy (non-hydrogen) atoms. The molecule has 0 spiro atoms. The molecule has 0 aliphatic heterocycles. The van der Waals surface area contributed by atoms with Crippen molar-refractivity contribution in [3.8, 4) is 0 Å². The zero-order valence-corrected chi connectivity index (χ0v) is 11.7. The van der Waals surface area contributed by atoms with Crippen molar-refractivity contribution in [2.45, 2.75) is 45.7 Å². The molecule has 1 aromatic heterocycles. The van der Waals surface area contributed by atoms with E-state index >= 15 is 0 Å². The maximum atomic E-state index is 11.6. The van der Waals surface area contributed by atoms with Gasteiger partial charge < -0.3 is 15.2 Å². The number of nitrogens with one attached hydrogen (secondary N) is 2. The molecule has 1 atom stereocenters. The SMILES string of the molecule is CCCNC(=O)Cn1ccc(C(CCC)NC)c1. The molecular weight excluding hydrogens is 226 g/mol. The number of hydrogen-bond donors (Lipinski definition) is 2. The number of aromatic nitrogens is 1. The van der Waals surface area contributed by atoms with Gasteiger partial charge in [-0.2, -0.15) is 0 Å². The van der Waals surface area contributed by atoms with Crippen LogP contribution in [0.5, 0.6) is 0 Å². The van der Waals surface area contributed by atoms with Gasteiger partial charge in [0.05, 0.1) is 0 Å². The second kappa shape index (κ2) is 7.93. The number of carbonyl (C=O) groups is 1. The van der Waals surface area contributed by atoms with Crippen LogP contribution in [0.3, 0.4) is 0 Å². The van der Waals surface area contributed by atoms with Crippen LogP contribution in [0, 0.1) is 0 Å². The third kappa shape index (κ3) is 4.53. The lowest BCUT2D eigenvalue weighted by Gasteiger charge is -2.13. The van der Waals surface area contributed by atoms with Crippen molar-refractivity contribution in [3.05, 3.63) is 24.0 Å². The molecule has 0 saturated carbocycles. The summed E-state index contributed by atoms with van der Waals surface area (Å²) in [5, 5.41) is 6.19. The Hall–Kier alpha value is -1.29. The second-order valence-electron chi connectivity index (χ2n) is 4.60. The maximum Gasteiger partial charge on any atom is 0.239 e. The van der Waals surface area contributed by atoms with Gasteiger partial charge in [-0.3, -0.25) is 4.79 Å². The largest absolute Gasteiger partial charge is 0.355 e. The first-order valence-electron chi connectivity index (χ1n) is 6.80. The fourth-order valence-corrected chi connectivity index (χ4v) is 2.02. The van der Waals surface area contributed by atoms with Crippen LogP contribution in [-0.4, -0.2) is 24.1 Å². The van der Waals surface area contributed by atoms with Gasteiger partial charge in [-0.1, -0.05) is 20.3 Å². The summed E-state index contributed by atoms with van der Waals surface area (Å²) in [6, 6.07) is 2.47. The summed E-state index contributed by atoms with van der Waals surface area (Å²) in [6.07, 6.45) is 7.26. The van der Waals surface area contributed by atoms with Gasteiger partial charge in [0.25, 0.3) is 0 Å². The quantitative estimate of drug-likeness (QED) is 0.743. The van der Waals surface area contributed by atoms with Crippen LogP contribution in [0.2, 0.25) is 0 Å². The minimum atomic E-state index is 0.0792. The molecule has 102 valence electrons. The standard InChI is InChI=1S/C14H25N3O/c1-4-6-13(15-3)12-7-9-17(10-12)11-14(18)16-8-5-2/h7,9-10,13,15H,4-6,8,11H2,1-3H3,(H,16,18). The Labute approximate surface area is 110 Å². The van der Waals surface area contributed by atoms with E-state index in [1.807, 2.05) is 17.8 Å². The Morgan fingerprint density at radius 1 is 1.39 bits per heavy atom. The Balaban J connectivity index is 2.54. The van der Waals surface area contributed by atoms with Crippen LogP contribution < -0.4 is 10.6 Å². The van der Waals surface area contributed by atoms with Crippen molar-refractivity contribution in [2.75, 3.05) is 13.6 Å².